The lowest BCUT2D eigenvalue weighted by atomic mass is 10.1. The Kier molecular flexibility index (Phi) is 3.97. The van der Waals surface area contributed by atoms with Crippen LogP contribution in [0.4, 0.5) is 5.69 Å². The first-order valence-electron chi connectivity index (χ1n) is 6.18. The molecule has 0 atom stereocenters. The van der Waals surface area contributed by atoms with Gasteiger partial charge in [0.1, 0.15) is 0 Å². The van der Waals surface area contributed by atoms with Gasteiger partial charge in [-0.1, -0.05) is 18.2 Å². The van der Waals surface area contributed by atoms with Gasteiger partial charge in [0.15, 0.2) is 0 Å². The summed E-state index contributed by atoms with van der Waals surface area (Å²) in [5.74, 6) is -0.141. The number of aliphatic hydroxyl groups is 1. The predicted molar refractivity (Wildman–Crippen MR) is 76.2 cm³/mol. The van der Waals surface area contributed by atoms with Gasteiger partial charge in [-0.3, -0.25) is 4.79 Å². The third-order valence-corrected chi connectivity index (χ3v) is 3.14. The zero-order valence-corrected chi connectivity index (χ0v) is 11.1. The number of carbonyl (C=O) groups is 1. The molecular weight excluding hydrogens is 238 g/mol. The number of nitrogens with one attached hydrogen (secondary N) is 1. The summed E-state index contributed by atoms with van der Waals surface area (Å²) in [6.45, 7) is 3.97. The van der Waals surface area contributed by atoms with Gasteiger partial charge in [0.25, 0.3) is 5.91 Å². The number of hydrogen-bond acceptors (Lipinski definition) is 2. The van der Waals surface area contributed by atoms with E-state index < -0.39 is 0 Å². The Morgan fingerprint density at radius 3 is 2.58 bits per heavy atom. The molecule has 0 aliphatic heterocycles. The summed E-state index contributed by atoms with van der Waals surface area (Å²) < 4.78 is 0. The average molecular weight is 255 g/mol. The molecule has 2 aromatic carbocycles. The van der Waals surface area contributed by atoms with E-state index in [9.17, 15) is 4.79 Å². The van der Waals surface area contributed by atoms with Crippen molar-refractivity contribution in [3.63, 3.8) is 0 Å². The molecule has 0 aliphatic carbocycles. The zero-order valence-electron chi connectivity index (χ0n) is 11.1. The molecule has 0 saturated heterocycles. The Balaban J connectivity index is 2.18. The Bertz CT molecular complexity index is 605. The molecule has 3 heteroatoms. The maximum Gasteiger partial charge on any atom is 0.255 e. The first-order chi connectivity index (χ1) is 9.10. The lowest BCUT2D eigenvalue weighted by molar-refractivity contribution is 0.102. The third kappa shape index (κ3) is 3.20. The minimum atomic E-state index is -0.141. The molecule has 2 rings (SSSR count). The number of hydrogen-bond donors (Lipinski definition) is 2. The molecule has 0 aromatic heterocycles. The molecule has 0 unspecified atom stereocenters. The molecule has 0 saturated carbocycles. The van der Waals surface area contributed by atoms with E-state index in [0.717, 1.165) is 11.1 Å². The van der Waals surface area contributed by atoms with E-state index in [2.05, 4.69) is 5.32 Å². The van der Waals surface area contributed by atoms with Crippen molar-refractivity contribution in [2.45, 2.75) is 20.5 Å². The zero-order chi connectivity index (χ0) is 13.8. The number of aryl methyl sites for hydroxylation is 2. The second-order valence-corrected chi connectivity index (χ2v) is 4.61. The fourth-order valence-corrected chi connectivity index (χ4v) is 1.83. The van der Waals surface area contributed by atoms with Gasteiger partial charge in [0.2, 0.25) is 0 Å². The van der Waals surface area contributed by atoms with E-state index in [1.165, 1.54) is 5.56 Å². The smallest absolute Gasteiger partial charge is 0.255 e. The molecule has 0 aliphatic rings. The molecule has 0 fully saturated rings. The Morgan fingerprint density at radius 2 is 1.89 bits per heavy atom. The summed E-state index contributed by atoms with van der Waals surface area (Å²) in [5.41, 5.74) is 4.36. The number of benzene rings is 2. The van der Waals surface area contributed by atoms with Gasteiger partial charge in [0, 0.05) is 11.3 Å². The van der Waals surface area contributed by atoms with Crippen LogP contribution in [0.1, 0.15) is 27.0 Å². The number of anilines is 1. The van der Waals surface area contributed by atoms with Crippen molar-refractivity contribution in [2.75, 3.05) is 5.32 Å². The molecule has 0 radical (unpaired) electrons. The quantitative estimate of drug-likeness (QED) is 0.885. The van der Waals surface area contributed by atoms with Crippen LogP contribution in [0.25, 0.3) is 0 Å². The van der Waals surface area contributed by atoms with E-state index in [1.54, 1.807) is 12.1 Å². The van der Waals surface area contributed by atoms with Crippen LogP contribution in [0.15, 0.2) is 42.5 Å². The van der Waals surface area contributed by atoms with E-state index in [0.29, 0.717) is 11.3 Å². The normalized spacial score (nSPS) is 10.3. The van der Waals surface area contributed by atoms with E-state index in [4.69, 9.17) is 5.11 Å². The topological polar surface area (TPSA) is 49.3 Å². The third-order valence-electron chi connectivity index (χ3n) is 3.14. The predicted octanol–water partition coefficient (Wildman–Crippen LogP) is 3.05. The van der Waals surface area contributed by atoms with Crippen LogP contribution >= 0.6 is 0 Å². The van der Waals surface area contributed by atoms with Gasteiger partial charge >= 0.3 is 0 Å². The van der Waals surface area contributed by atoms with Crippen molar-refractivity contribution in [1.29, 1.82) is 0 Å². The molecule has 1 amide bonds. The molecule has 2 aromatic rings. The van der Waals surface area contributed by atoms with Gasteiger partial charge in [-0.2, -0.15) is 0 Å². The number of rotatable bonds is 3. The van der Waals surface area contributed by atoms with Crippen molar-refractivity contribution in [3.8, 4) is 0 Å². The first-order valence-corrected chi connectivity index (χ1v) is 6.18. The van der Waals surface area contributed by atoms with Crippen molar-refractivity contribution in [3.05, 3.63) is 64.7 Å². The second-order valence-electron chi connectivity index (χ2n) is 4.61. The van der Waals surface area contributed by atoms with E-state index >= 15 is 0 Å². The highest BCUT2D eigenvalue weighted by Crippen LogP contribution is 2.14. The highest BCUT2D eigenvalue weighted by atomic mass is 16.3. The van der Waals surface area contributed by atoms with Gasteiger partial charge in [0.05, 0.1) is 6.61 Å². The highest BCUT2D eigenvalue weighted by molar-refractivity contribution is 6.04. The minimum absolute atomic E-state index is 0.0344. The first kappa shape index (κ1) is 13.3. The highest BCUT2D eigenvalue weighted by Gasteiger charge is 2.07. The second kappa shape index (κ2) is 5.67. The minimum Gasteiger partial charge on any atom is -0.392 e. The monoisotopic (exact) mass is 255 g/mol. The lowest BCUT2D eigenvalue weighted by Gasteiger charge is -2.08. The summed E-state index contributed by atoms with van der Waals surface area (Å²) in [7, 11) is 0. The Hall–Kier alpha value is -2.13. The van der Waals surface area contributed by atoms with Crippen LogP contribution in [0.3, 0.4) is 0 Å². The van der Waals surface area contributed by atoms with E-state index in [1.807, 2.05) is 44.2 Å². The lowest BCUT2D eigenvalue weighted by Crippen LogP contribution is -2.12. The molecule has 19 heavy (non-hydrogen) atoms. The molecule has 0 bridgehead atoms. The van der Waals surface area contributed by atoms with Crippen LogP contribution in [-0.2, 0) is 6.61 Å². The fourth-order valence-electron chi connectivity index (χ4n) is 1.83. The molecule has 2 N–H and O–H groups in total. The number of aliphatic hydroxyl groups excluding tert-OH is 1. The SMILES string of the molecule is Cc1ccc(C(=O)Nc2cccc(CO)c2)cc1C. The van der Waals surface area contributed by atoms with Gasteiger partial charge in [-0.25, -0.2) is 0 Å². The van der Waals surface area contributed by atoms with Crippen LogP contribution in [0, 0.1) is 13.8 Å². The van der Waals surface area contributed by atoms with Crippen LogP contribution in [0.5, 0.6) is 0 Å². The Labute approximate surface area is 112 Å². The average Bonchev–Trinajstić information content (AvgIpc) is 2.42. The van der Waals surface area contributed by atoms with Crippen LogP contribution < -0.4 is 5.32 Å². The van der Waals surface area contributed by atoms with Gasteiger partial charge < -0.3 is 10.4 Å². The summed E-state index contributed by atoms with van der Waals surface area (Å²) in [6, 6.07) is 12.8. The summed E-state index contributed by atoms with van der Waals surface area (Å²) >= 11 is 0. The largest absolute Gasteiger partial charge is 0.392 e. The number of carbonyl (C=O) groups excluding carboxylic acids is 1. The van der Waals surface area contributed by atoms with Crippen molar-refractivity contribution >= 4 is 11.6 Å². The van der Waals surface area contributed by atoms with Crippen molar-refractivity contribution < 1.29 is 9.90 Å². The van der Waals surface area contributed by atoms with Crippen molar-refractivity contribution in [1.82, 2.24) is 0 Å². The molecule has 0 spiro atoms. The van der Waals surface area contributed by atoms with Crippen LogP contribution in [-0.4, -0.2) is 11.0 Å². The standard InChI is InChI=1S/C16H17NO2/c1-11-6-7-14(8-12(11)2)16(19)17-15-5-3-4-13(9-15)10-18/h3-9,18H,10H2,1-2H3,(H,17,19). The Morgan fingerprint density at radius 1 is 1.11 bits per heavy atom. The molecular formula is C16H17NO2. The number of amides is 1. The molecule has 3 nitrogen and oxygen atoms in total. The van der Waals surface area contributed by atoms with E-state index in [-0.39, 0.29) is 12.5 Å². The summed E-state index contributed by atoms with van der Waals surface area (Å²) in [4.78, 5) is 12.1. The summed E-state index contributed by atoms with van der Waals surface area (Å²) in [5, 5.41) is 11.9. The molecule has 0 heterocycles. The fraction of sp³-hybridized carbons (Fsp3) is 0.188. The van der Waals surface area contributed by atoms with Crippen LogP contribution in [0.2, 0.25) is 0 Å². The maximum atomic E-state index is 12.1. The maximum absolute atomic E-state index is 12.1. The van der Waals surface area contributed by atoms with Gasteiger partial charge in [-0.05, 0) is 54.8 Å². The van der Waals surface area contributed by atoms with Crippen molar-refractivity contribution in [2.24, 2.45) is 0 Å². The summed E-state index contributed by atoms with van der Waals surface area (Å²) in [6.07, 6.45) is 0. The molecule has 98 valence electrons. The van der Waals surface area contributed by atoms with Gasteiger partial charge in [-0.15, -0.1) is 0 Å².